The molecule has 212 valence electrons. The van der Waals surface area contributed by atoms with Crippen LogP contribution in [0.5, 0.6) is 0 Å². The number of amides is 2. The quantitative estimate of drug-likeness (QED) is 0.158. The lowest BCUT2D eigenvalue weighted by molar-refractivity contribution is -0.111. The molecule has 9 heteroatoms. The second kappa shape index (κ2) is 12.5. The first-order chi connectivity index (χ1) is 20.3. The predicted molar refractivity (Wildman–Crippen MR) is 169 cm³/mol. The normalized spacial score (nSPS) is 11.3. The second-order valence-corrected chi connectivity index (χ2v) is 10.3. The molecule has 0 bridgehead atoms. The highest BCUT2D eigenvalue weighted by Crippen LogP contribution is 2.33. The molecule has 0 aliphatic carbocycles. The molecule has 42 heavy (non-hydrogen) atoms. The van der Waals surface area contributed by atoms with Gasteiger partial charge in [0.1, 0.15) is 0 Å². The van der Waals surface area contributed by atoms with Gasteiger partial charge in [0.2, 0.25) is 11.9 Å². The lowest BCUT2D eigenvalue weighted by atomic mass is 10.0. The first kappa shape index (κ1) is 28.3. The number of rotatable bonds is 9. The number of benzene rings is 3. The van der Waals surface area contributed by atoms with Gasteiger partial charge in [-0.05, 0) is 82.0 Å². The molecule has 9 nitrogen and oxygen atoms in total. The maximum atomic E-state index is 12.9. The summed E-state index contributed by atoms with van der Waals surface area (Å²) in [6, 6.07) is 22.3. The van der Waals surface area contributed by atoms with Gasteiger partial charge in [0, 0.05) is 63.6 Å². The van der Waals surface area contributed by atoms with Crippen LogP contribution in [0.3, 0.4) is 0 Å². The summed E-state index contributed by atoms with van der Waals surface area (Å²) in [5.41, 5.74) is 7.42. The minimum atomic E-state index is -0.264. The smallest absolute Gasteiger partial charge is 0.255 e. The summed E-state index contributed by atoms with van der Waals surface area (Å²) in [6.45, 7) is 4.72. The fourth-order valence-corrected chi connectivity index (χ4v) is 4.60. The van der Waals surface area contributed by atoms with Gasteiger partial charge in [0.25, 0.3) is 5.91 Å². The first-order valence-corrected chi connectivity index (χ1v) is 13.6. The molecule has 4 N–H and O–H groups in total. The molecule has 0 radical (unpaired) electrons. The predicted octanol–water partition coefficient (Wildman–Crippen LogP) is 6.29. The molecule has 0 saturated carbocycles. The Balaban J connectivity index is 1.26. The minimum absolute atomic E-state index is 0.223. The van der Waals surface area contributed by atoms with Crippen LogP contribution < -0.4 is 16.0 Å². The number of nitrogens with zero attached hydrogens (tertiary/aromatic N) is 3. The number of fused-ring (bicyclic) bond motifs is 1. The Bertz CT molecular complexity index is 1770. The van der Waals surface area contributed by atoms with Crippen LogP contribution in [0.15, 0.2) is 91.1 Å². The van der Waals surface area contributed by atoms with Crippen molar-refractivity contribution in [3.05, 3.63) is 108 Å². The van der Waals surface area contributed by atoms with Crippen molar-refractivity contribution < 1.29 is 9.59 Å². The van der Waals surface area contributed by atoms with E-state index in [9.17, 15) is 9.59 Å². The molecule has 5 aromatic rings. The molecule has 3 aromatic carbocycles. The number of hydrogen-bond donors (Lipinski definition) is 4. The number of H-pyrrole nitrogens is 1. The van der Waals surface area contributed by atoms with E-state index >= 15 is 0 Å². The molecule has 5 rings (SSSR count). The molecular weight excluding hydrogens is 526 g/mol. The summed E-state index contributed by atoms with van der Waals surface area (Å²) in [5, 5.41) is 10.1. The molecule has 0 aliphatic heterocycles. The van der Waals surface area contributed by atoms with Crippen LogP contribution in [0.2, 0.25) is 0 Å². The third-order valence-electron chi connectivity index (χ3n) is 6.63. The molecule has 2 amide bonds. The van der Waals surface area contributed by atoms with Crippen molar-refractivity contribution in [3.8, 4) is 11.3 Å². The van der Waals surface area contributed by atoms with E-state index in [0.29, 0.717) is 29.4 Å². The molecular formula is C33H33N7O2. The van der Waals surface area contributed by atoms with Gasteiger partial charge in [0.15, 0.2) is 0 Å². The highest BCUT2D eigenvalue weighted by atomic mass is 16.2. The molecule has 0 unspecified atom stereocenters. The van der Waals surface area contributed by atoms with Gasteiger partial charge in [-0.25, -0.2) is 9.97 Å². The Labute approximate surface area is 244 Å². The Morgan fingerprint density at radius 2 is 1.67 bits per heavy atom. The van der Waals surface area contributed by atoms with E-state index in [1.165, 1.54) is 6.08 Å². The number of aryl methyl sites for hydroxylation is 2. The third kappa shape index (κ3) is 6.71. The topological polar surface area (TPSA) is 115 Å². The van der Waals surface area contributed by atoms with Crippen molar-refractivity contribution in [3.63, 3.8) is 0 Å². The fraction of sp³-hybridized carbons (Fsp3) is 0.152. The number of para-hydroxylation sites is 1. The van der Waals surface area contributed by atoms with Crippen molar-refractivity contribution >= 4 is 45.7 Å². The van der Waals surface area contributed by atoms with Crippen LogP contribution in [-0.4, -0.2) is 52.3 Å². The molecule has 0 atom stereocenters. The summed E-state index contributed by atoms with van der Waals surface area (Å²) in [5.74, 6) is -0.0304. The SMILES string of the molecule is Cc1cnc(Nc2cccc(NC(=O)c3ccc(NC(=O)/C=C/CN(C)C)cc3)c2)nc1-c1c(C)[nH]c2ccccc12. The zero-order valence-corrected chi connectivity index (χ0v) is 24.0. The van der Waals surface area contributed by atoms with Crippen LogP contribution in [0, 0.1) is 13.8 Å². The summed E-state index contributed by atoms with van der Waals surface area (Å²) < 4.78 is 0. The number of hydrogen-bond acceptors (Lipinski definition) is 6. The standard InChI is InChI=1S/C33H33N7O2/c1-21-20-34-33(39-31(21)30-22(2)35-28-12-6-5-11-27(28)30)38-26-10-7-9-25(19-26)37-32(42)23-14-16-24(17-15-23)36-29(41)13-8-18-40(3)4/h5-17,19-20,35H,18H2,1-4H3,(H,36,41)(H,37,42)(H,34,38,39)/b13-8+. The van der Waals surface area contributed by atoms with Gasteiger partial charge in [-0.15, -0.1) is 0 Å². The van der Waals surface area contributed by atoms with Crippen molar-refractivity contribution in [1.29, 1.82) is 0 Å². The molecule has 0 saturated heterocycles. The van der Waals surface area contributed by atoms with E-state index in [1.807, 2.05) is 75.4 Å². The van der Waals surface area contributed by atoms with E-state index < -0.39 is 0 Å². The third-order valence-corrected chi connectivity index (χ3v) is 6.63. The zero-order valence-electron chi connectivity index (χ0n) is 24.0. The lowest BCUT2D eigenvalue weighted by Gasteiger charge is -2.11. The van der Waals surface area contributed by atoms with E-state index in [0.717, 1.165) is 39.1 Å². The maximum Gasteiger partial charge on any atom is 0.255 e. The number of anilines is 4. The van der Waals surface area contributed by atoms with E-state index in [4.69, 9.17) is 4.98 Å². The highest BCUT2D eigenvalue weighted by molar-refractivity contribution is 6.05. The van der Waals surface area contributed by atoms with Gasteiger partial charge < -0.3 is 25.8 Å². The molecule has 2 heterocycles. The Morgan fingerprint density at radius 1 is 0.905 bits per heavy atom. The molecule has 0 fully saturated rings. The summed E-state index contributed by atoms with van der Waals surface area (Å²) in [6.07, 6.45) is 5.09. The Kier molecular flexibility index (Phi) is 8.40. The Hall–Kier alpha value is -5.28. The van der Waals surface area contributed by atoms with E-state index in [-0.39, 0.29) is 11.8 Å². The monoisotopic (exact) mass is 559 g/mol. The molecule has 0 aliphatic rings. The number of carbonyl (C=O) groups excluding carboxylic acids is 2. The van der Waals surface area contributed by atoms with Crippen molar-refractivity contribution in [2.24, 2.45) is 0 Å². The van der Waals surface area contributed by atoms with Crippen molar-refractivity contribution in [2.75, 3.05) is 36.6 Å². The molecule has 0 spiro atoms. The summed E-state index contributed by atoms with van der Waals surface area (Å²) in [7, 11) is 3.86. The number of nitrogens with one attached hydrogen (secondary N) is 4. The number of carbonyl (C=O) groups is 2. The Morgan fingerprint density at radius 3 is 2.45 bits per heavy atom. The average molecular weight is 560 g/mol. The lowest BCUT2D eigenvalue weighted by Crippen LogP contribution is -2.13. The number of aromatic nitrogens is 3. The number of aromatic amines is 1. The van der Waals surface area contributed by atoms with Gasteiger partial charge in [0.05, 0.1) is 5.69 Å². The summed E-state index contributed by atoms with van der Waals surface area (Å²) in [4.78, 5) is 39.7. The van der Waals surface area contributed by atoms with Gasteiger partial charge in [-0.1, -0.05) is 30.3 Å². The first-order valence-electron chi connectivity index (χ1n) is 13.6. The van der Waals surface area contributed by atoms with Crippen LogP contribution in [0.25, 0.3) is 22.2 Å². The maximum absolute atomic E-state index is 12.9. The van der Waals surface area contributed by atoms with Crippen LogP contribution in [0.4, 0.5) is 23.0 Å². The van der Waals surface area contributed by atoms with Crippen LogP contribution in [-0.2, 0) is 4.79 Å². The second-order valence-electron chi connectivity index (χ2n) is 10.3. The van der Waals surface area contributed by atoms with Gasteiger partial charge in [-0.2, -0.15) is 0 Å². The molecule has 2 aromatic heterocycles. The number of likely N-dealkylation sites (N-methyl/N-ethyl adjacent to an activating group) is 1. The van der Waals surface area contributed by atoms with Crippen LogP contribution in [0.1, 0.15) is 21.6 Å². The van der Waals surface area contributed by atoms with Gasteiger partial charge >= 0.3 is 0 Å². The van der Waals surface area contributed by atoms with E-state index in [2.05, 4.69) is 38.1 Å². The minimum Gasteiger partial charge on any atom is -0.358 e. The van der Waals surface area contributed by atoms with Crippen molar-refractivity contribution in [2.45, 2.75) is 13.8 Å². The fourth-order valence-electron chi connectivity index (χ4n) is 4.60. The van der Waals surface area contributed by atoms with Crippen LogP contribution >= 0.6 is 0 Å². The van der Waals surface area contributed by atoms with Gasteiger partial charge in [-0.3, -0.25) is 9.59 Å². The zero-order chi connectivity index (χ0) is 29.6. The largest absolute Gasteiger partial charge is 0.358 e. The van der Waals surface area contributed by atoms with E-state index in [1.54, 1.807) is 30.3 Å². The average Bonchev–Trinajstić information content (AvgIpc) is 3.30. The van der Waals surface area contributed by atoms with Crippen molar-refractivity contribution in [1.82, 2.24) is 19.9 Å². The highest BCUT2D eigenvalue weighted by Gasteiger charge is 2.15. The summed E-state index contributed by atoms with van der Waals surface area (Å²) >= 11 is 0.